The van der Waals surface area contributed by atoms with Crippen LogP contribution in [0, 0.1) is 0 Å². The molecule has 0 saturated heterocycles. The molecule has 10 heteroatoms. The number of nitrogens with two attached hydrogens (primary N) is 1. The monoisotopic (exact) mass is 475 g/mol. The normalized spacial score (nSPS) is 12.7. The highest BCUT2D eigenvalue weighted by molar-refractivity contribution is 7.90. The number of alkyl halides is 3. The number of hydrogen-bond acceptors (Lipinski definition) is 6. The van der Waals surface area contributed by atoms with E-state index < -0.39 is 40.3 Å². The molecule has 4 N–H and O–H groups in total. The average Bonchev–Trinajstić information content (AvgIpc) is 2.74. The van der Waals surface area contributed by atoms with Gasteiger partial charge in [-0.2, -0.15) is 13.2 Å². The second kappa shape index (κ2) is 10.7. The zero-order valence-corrected chi connectivity index (χ0v) is 18.5. The molecule has 0 radical (unpaired) electrons. The lowest BCUT2D eigenvalue weighted by molar-refractivity contribution is -0.139. The van der Waals surface area contributed by atoms with E-state index in [1.165, 1.54) is 24.3 Å². The molecule has 0 aliphatic rings. The van der Waals surface area contributed by atoms with Gasteiger partial charge in [-0.15, -0.1) is 0 Å². The summed E-state index contributed by atoms with van der Waals surface area (Å²) in [6.45, 7) is -0.904. The zero-order valence-electron chi connectivity index (χ0n) is 17.7. The fraction of sp³-hybridized carbons (Fsp3) is 0.455. The third-order valence-corrected chi connectivity index (χ3v) is 6.24. The highest BCUT2D eigenvalue weighted by atomic mass is 32.2. The minimum Gasteiger partial charge on any atom is -0.493 e. The molecule has 0 spiro atoms. The van der Waals surface area contributed by atoms with Gasteiger partial charge in [0, 0.05) is 6.26 Å². The molecule has 0 aliphatic heterocycles. The maximum atomic E-state index is 13.5. The largest absolute Gasteiger partial charge is 0.493 e. The van der Waals surface area contributed by atoms with Crippen LogP contribution in [0.3, 0.4) is 0 Å². The first-order valence-corrected chi connectivity index (χ1v) is 11.9. The minimum absolute atomic E-state index is 0.0528. The number of ether oxygens (including phenoxy) is 1. The van der Waals surface area contributed by atoms with E-state index in [4.69, 9.17) is 10.5 Å². The van der Waals surface area contributed by atoms with E-state index >= 15 is 0 Å². The van der Waals surface area contributed by atoms with Crippen molar-refractivity contribution in [2.45, 2.75) is 42.3 Å². The van der Waals surface area contributed by atoms with Gasteiger partial charge >= 0.3 is 6.18 Å². The van der Waals surface area contributed by atoms with Crippen molar-refractivity contribution < 1.29 is 36.5 Å². The SMILES string of the molecule is CS(=O)(=O)c1ccc(CCCOc2ccc(CCC(N)(CO)CO)cc2C(F)(F)F)cc1. The van der Waals surface area contributed by atoms with Crippen LogP contribution in [0.4, 0.5) is 13.2 Å². The van der Waals surface area contributed by atoms with Crippen LogP contribution in [-0.4, -0.2) is 50.2 Å². The van der Waals surface area contributed by atoms with E-state index in [0.717, 1.165) is 17.9 Å². The van der Waals surface area contributed by atoms with Crippen molar-refractivity contribution in [2.75, 3.05) is 26.1 Å². The Labute approximate surface area is 185 Å². The van der Waals surface area contributed by atoms with E-state index in [1.807, 2.05) is 0 Å². The number of rotatable bonds is 11. The van der Waals surface area contributed by atoms with Crippen molar-refractivity contribution in [1.82, 2.24) is 0 Å². The summed E-state index contributed by atoms with van der Waals surface area (Å²) in [6.07, 6.45) is -2.25. The predicted molar refractivity (Wildman–Crippen MR) is 114 cm³/mol. The van der Waals surface area contributed by atoms with Gasteiger partial charge in [-0.05, 0) is 61.1 Å². The van der Waals surface area contributed by atoms with Crippen molar-refractivity contribution in [1.29, 1.82) is 0 Å². The molecule has 0 unspecified atom stereocenters. The van der Waals surface area contributed by atoms with Gasteiger partial charge < -0.3 is 20.7 Å². The number of aliphatic hydroxyl groups excluding tert-OH is 2. The molecule has 0 heterocycles. The fourth-order valence-corrected chi connectivity index (χ4v) is 3.67. The van der Waals surface area contributed by atoms with Gasteiger partial charge in [-0.25, -0.2) is 8.42 Å². The second-order valence-electron chi connectivity index (χ2n) is 7.88. The summed E-state index contributed by atoms with van der Waals surface area (Å²) in [5.41, 5.74) is 4.84. The van der Waals surface area contributed by atoms with Gasteiger partial charge in [-0.3, -0.25) is 0 Å². The van der Waals surface area contributed by atoms with E-state index in [0.29, 0.717) is 18.4 Å². The van der Waals surface area contributed by atoms with E-state index in [9.17, 15) is 31.8 Å². The standard InChI is InChI=1S/C22H28F3NO5S/c1-32(29,30)18-7-4-16(5-8-18)3-2-12-31-20-9-6-17(13-19(20)22(23,24)25)10-11-21(26,14-27)15-28/h4-9,13,27-28H,2-3,10-12,14-15,26H2,1H3. The third-order valence-electron chi connectivity index (χ3n) is 5.11. The van der Waals surface area contributed by atoms with Crippen LogP contribution in [-0.2, 0) is 28.9 Å². The lowest BCUT2D eigenvalue weighted by atomic mass is 9.93. The molecule has 0 aliphatic carbocycles. The average molecular weight is 476 g/mol. The first kappa shape index (κ1) is 26.1. The Hall–Kier alpha value is -2.14. The van der Waals surface area contributed by atoms with Crippen molar-refractivity contribution in [3.8, 4) is 5.75 Å². The molecule has 0 atom stereocenters. The molecule has 6 nitrogen and oxygen atoms in total. The Morgan fingerprint density at radius 3 is 2.09 bits per heavy atom. The smallest absolute Gasteiger partial charge is 0.419 e. The third kappa shape index (κ3) is 7.47. The lowest BCUT2D eigenvalue weighted by Crippen LogP contribution is -2.47. The van der Waals surface area contributed by atoms with Gasteiger partial charge in [0.15, 0.2) is 9.84 Å². The topological polar surface area (TPSA) is 110 Å². The molecule has 0 bridgehead atoms. The molecular weight excluding hydrogens is 447 g/mol. The minimum atomic E-state index is -4.61. The van der Waals surface area contributed by atoms with Crippen molar-refractivity contribution in [3.05, 3.63) is 59.2 Å². The molecular formula is C22H28F3NO5S. The number of aryl methyl sites for hydroxylation is 2. The first-order chi connectivity index (χ1) is 14.9. The van der Waals surface area contributed by atoms with E-state index in [2.05, 4.69) is 0 Å². The summed E-state index contributed by atoms with van der Waals surface area (Å²) < 4.78 is 68.9. The molecule has 2 aromatic carbocycles. The Morgan fingerprint density at radius 2 is 1.56 bits per heavy atom. The molecule has 178 valence electrons. The van der Waals surface area contributed by atoms with Crippen LogP contribution in [0.15, 0.2) is 47.4 Å². The lowest BCUT2D eigenvalue weighted by Gasteiger charge is -2.24. The van der Waals surface area contributed by atoms with Crippen LogP contribution in [0.5, 0.6) is 5.75 Å². The van der Waals surface area contributed by atoms with Crippen molar-refractivity contribution in [2.24, 2.45) is 5.73 Å². The van der Waals surface area contributed by atoms with Crippen LogP contribution < -0.4 is 10.5 Å². The number of benzene rings is 2. The van der Waals surface area contributed by atoms with Gasteiger partial charge in [0.1, 0.15) is 5.75 Å². The van der Waals surface area contributed by atoms with Gasteiger partial charge in [-0.1, -0.05) is 18.2 Å². The first-order valence-electron chi connectivity index (χ1n) is 10.0. The summed E-state index contributed by atoms with van der Waals surface area (Å²) in [7, 11) is -3.28. The number of sulfone groups is 1. The predicted octanol–water partition coefficient (Wildman–Crippen LogP) is 2.74. The molecule has 0 saturated carbocycles. The molecule has 2 rings (SSSR count). The Morgan fingerprint density at radius 1 is 0.969 bits per heavy atom. The highest BCUT2D eigenvalue weighted by Gasteiger charge is 2.35. The van der Waals surface area contributed by atoms with Crippen LogP contribution >= 0.6 is 0 Å². The van der Waals surface area contributed by atoms with Gasteiger partial charge in [0.05, 0.1) is 35.8 Å². The molecule has 2 aromatic rings. The number of aliphatic hydroxyl groups is 2. The molecule has 0 aromatic heterocycles. The van der Waals surface area contributed by atoms with E-state index in [1.54, 1.807) is 12.1 Å². The summed E-state index contributed by atoms with van der Waals surface area (Å²) in [5, 5.41) is 18.5. The van der Waals surface area contributed by atoms with E-state index in [-0.39, 0.29) is 30.1 Å². The van der Waals surface area contributed by atoms with Crippen molar-refractivity contribution in [3.63, 3.8) is 0 Å². The summed E-state index contributed by atoms with van der Waals surface area (Å²) in [4.78, 5) is 0.206. The Balaban J connectivity index is 2.00. The summed E-state index contributed by atoms with van der Waals surface area (Å²) in [6, 6.07) is 10.1. The molecule has 0 amide bonds. The Bertz CT molecular complexity index is 988. The maximum absolute atomic E-state index is 13.5. The highest BCUT2D eigenvalue weighted by Crippen LogP contribution is 2.37. The van der Waals surface area contributed by atoms with Crippen LogP contribution in [0.25, 0.3) is 0 Å². The fourth-order valence-electron chi connectivity index (χ4n) is 3.04. The number of hydrogen-bond donors (Lipinski definition) is 3. The van der Waals surface area contributed by atoms with Crippen molar-refractivity contribution >= 4 is 9.84 Å². The quantitative estimate of drug-likeness (QED) is 0.431. The van der Waals surface area contributed by atoms with Gasteiger partial charge in [0.25, 0.3) is 0 Å². The molecule has 32 heavy (non-hydrogen) atoms. The van der Waals surface area contributed by atoms with Crippen LogP contribution in [0.1, 0.15) is 29.5 Å². The Kier molecular flexibility index (Phi) is 8.69. The summed E-state index contributed by atoms with van der Waals surface area (Å²) in [5.74, 6) is -0.281. The van der Waals surface area contributed by atoms with Crippen LogP contribution in [0.2, 0.25) is 0 Å². The number of halogens is 3. The second-order valence-corrected chi connectivity index (χ2v) is 9.89. The maximum Gasteiger partial charge on any atom is 0.419 e. The summed E-state index contributed by atoms with van der Waals surface area (Å²) >= 11 is 0. The molecule has 0 fully saturated rings. The van der Waals surface area contributed by atoms with Gasteiger partial charge in [0.2, 0.25) is 0 Å². The zero-order chi connectivity index (χ0) is 24.0.